The third-order valence-corrected chi connectivity index (χ3v) is 1.64. The van der Waals surface area contributed by atoms with E-state index < -0.39 is 30.9 Å². The highest BCUT2D eigenvalue weighted by Gasteiger charge is 2.38. The fourth-order valence-corrected chi connectivity index (χ4v) is 0.420. The number of thiocarbonyl (C=S) groups is 1. The predicted octanol–water partition coefficient (Wildman–Crippen LogP) is 1.45. The molecule has 0 bridgehead atoms. The van der Waals surface area contributed by atoms with E-state index in [9.17, 15) is 26.3 Å². The Balaban J connectivity index is 0. The second kappa shape index (κ2) is 7.36. The van der Waals surface area contributed by atoms with Gasteiger partial charge in [0.05, 0.1) is 11.0 Å². The summed E-state index contributed by atoms with van der Waals surface area (Å²) >= 11 is 4.51. The fraction of sp³-hybridized carbons (Fsp3) is 0.714. The van der Waals surface area contributed by atoms with E-state index in [1.807, 2.05) is 5.32 Å². The molecule has 4 N–H and O–H groups in total. The number of aliphatic carboxylic acids is 1. The van der Waals surface area contributed by atoms with Gasteiger partial charge < -0.3 is 16.2 Å². The van der Waals surface area contributed by atoms with E-state index in [0.717, 1.165) is 0 Å². The number of nitrogens with one attached hydrogen (secondary N) is 1. The second-order valence-electron chi connectivity index (χ2n) is 2.92. The topological polar surface area (TPSA) is 75.3 Å². The van der Waals surface area contributed by atoms with Crippen LogP contribution < -0.4 is 11.1 Å². The molecule has 11 heteroatoms. The van der Waals surface area contributed by atoms with Crippen LogP contribution in [0.15, 0.2) is 0 Å². The summed E-state index contributed by atoms with van der Waals surface area (Å²) in [6.45, 7) is 0.402. The van der Waals surface area contributed by atoms with Crippen molar-refractivity contribution in [3.8, 4) is 0 Å². The first-order valence-corrected chi connectivity index (χ1v) is 4.58. The summed E-state index contributed by atoms with van der Waals surface area (Å²) in [5.41, 5.74) is 5.19. The summed E-state index contributed by atoms with van der Waals surface area (Å²) in [7, 11) is 0. The van der Waals surface area contributed by atoms with Gasteiger partial charge in [0.1, 0.15) is 6.54 Å². The van der Waals surface area contributed by atoms with Crippen molar-refractivity contribution in [1.29, 1.82) is 0 Å². The highest BCUT2D eigenvalue weighted by Crippen LogP contribution is 2.13. The van der Waals surface area contributed by atoms with E-state index in [-0.39, 0.29) is 4.99 Å². The maximum Gasteiger partial charge on any atom is 0.490 e. The smallest absolute Gasteiger partial charge is 0.475 e. The Morgan fingerprint density at radius 1 is 1.33 bits per heavy atom. The quantitative estimate of drug-likeness (QED) is 0.531. The monoisotopic (exact) mass is 300 g/mol. The van der Waals surface area contributed by atoms with Crippen LogP contribution in [0.3, 0.4) is 0 Å². The van der Waals surface area contributed by atoms with Gasteiger partial charge in [0, 0.05) is 0 Å². The molecule has 0 saturated heterocycles. The Labute approximate surface area is 103 Å². The molecule has 0 spiro atoms. The summed E-state index contributed by atoms with van der Waals surface area (Å²) in [5.74, 6) is -2.76. The van der Waals surface area contributed by atoms with E-state index in [0.29, 0.717) is 0 Å². The molecule has 0 radical (unpaired) electrons. The standard InChI is InChI=1S/C5H9F3N2S.C2HF3O2/c1-3(9)4(11)10-2-5(6,7)8;3-2(4,5)1(6)7/h3H,2,9H2,1H3,(H,10,11);(H,6,7). The molecular weight excluding hydrogens is 290 g/mol. The summed E-state index contributed by atoms with van der Waals surface area (Å²) < 4.78 is 66.3. The second-order valence-corrected chi connectivity index (χ2v) is 3.36. The van der Waals surface area contributed by atoms with Gasteiger partial charge in [0.15, 0.2) is 0 Å². The SMILES string of the molecule is CC(N)C(=S)NCC(F)(F)F.O=C(O)C(F)(F)F. The highest BCUT2D eigenvalue weighted by molar-refractivity contribution is 7.80. The molecule has 1 atom stereocenters. The molecule has 0 aliphatic carbocycles. The van der Waals surface area contributed by atoms with Crippen molar-refractivity contribution < 1.29 is 36.2 Å². The van der Waals surface area contributed by atoms with Gasteiger partial charge in [0.25, 0.3) is 0 Å². The third-order valence-electron chi connectivity index (χ3n) is 1.12. The van der Waals surface area contributed by atoms with Crippen LogP contribution in [-0.4, -0.2) is 41.0 Å². The van der Waals surface area contributed by atoms with Gasteiger partial charge in [-0.3, -0.25) is 0 Å². The maximum atomic E-state index is 11.5. The van der Waals surface area contributed by atoms with Gasteiger partial charge in [-0.1, -0.05) is 12.2 Å². The molecule has 1 unspecified atom stereocenters. The highest BCUT2D eigenvalue weighted by atomic mass is 32.1. The lowest BCUT2D eigenvalue weighted by Crippen LogP contribution is -2.41. The molecule has 0 heterocycles. The first-order chi connectivity index (χ1) is 7.77. The van der Waals surface area contributed by atoms with Crippen LogP contribution in [-0.2, 0) is 4.79 Å². The third kappa shape index (κ3) is 13.0. The Morgan fingerprint density at radius 2 is 1.67 bits per heavy atom. The van der Waals surface area contributed by atoms with E-state index in [4.69, 9.17) is 15.6 Å². The molecule has 108 valence electrons. The van der Waals surface area contributed by atoms with E-state index in [2.05, 4.69) is 12.2 Å². The van der Waals surface area contributed by atoms with Crippen LogP contribution >= 0.6 is 12.2 Å². The number of carbonyl (C=O) groups is 1. The molecule has 4 nitrogen and oxygen atoms in total. The molecule has 0 amide bonds. The molecule has 0 aromatic rings. The minimum Gasteiger partial charge on any atom is -0.475 e. The first-order valence-electron chi connectivity index (χ1n) is 4.17. The minimum atomic E-state index is -5.08. The van der Waals surface area contributed by atoms with Gasteiger partial charge in [-0.05, 0) is 6.92 Å². The van der Waals surface area contributed by atoms with E-state index in [1.165, 1.54) is 6.92 Å². The van der Waals surface area contributed by atoms with Crippen LogP contribution in [0, 0.1) is 0 Å². The van der Waals surface area contributed by atoms with Crippen molar-refractivity contribution >= 4 is 23.2 Å². The molecule has 0 fully saturated rings. The summed E-state index contributed by atoms with van der Waals surface area (Å²) in [5, 5.41) is 9.13. The van der Waals surface area contributed by atoms with Crippen molar-refractivity contribution in [1.82, 2.24) is 5.32 Å². The Bertz CT molecular complexity index is 289. The fourth-order valence-electron chi connectivity index (χ4n) is 0.348. The zero-order valence-corrected chi connectivity index (χ0v) is 9.71. The normalized spacial score (nSPS) is 13.1. The average Bonchev–Trinajstić information content (AvgIpc) is 2.12. The molecule has 0 aromatic heterocycles. The number of halogens is 6. The molecule has 0 saturated carbocycles. The lowest BCUT2D eigenvalue weighted by molar-refractivity contribution is -0.192. The molecule has 0 aliphatic heterocycles. The summed E-state index contributed by atoms with van der Waals surface area (Å²) in [6, 6.07) is -0.535. The lowest BCUT2D eigenvalue weighted by Gasteiger charge is -2.12. The van der Waals surface area contributed by atoms with Crippen LogP contribution in [0.2, 0.25) is 0 Å². The van der Waals surface area contributed by atoms with Gasteiger partial charge in [-0.15, -0.1) is 0 Å². The van der Waals surface area contributed by atoms with Gasteiger partial charge in [-0.2, -0.15) is 26.3 Å². The Kier molecular flexibility index (Phi) is 7.87. The Hall–Kier alpha value is -1.10. The van der Waals surface area contributed by atoms with Crippen molar-refractivity contribution in [2.24, 2.45) is 5.73 Å². The summed E-state index contributed by atoms with van der Waals surface area (Å²) in [6.07, 6.45) is -9.32. The number of carboxylic acids is 1. The zero-order chi connectivity index (χ0) is 15.1. The summed E-state index contributed by atoms with van der Waals surface area (Å²) in [4.78, 5) is 8.93. The number of hydrogen-bond donors (Lipinski definition) is 3. The molecule has 0 aliphatic rings. The number of alkyl halides is 6. The molecule has 18 heavy (non-hydrogen) atoms. The van der Waals surface area contributed by atoms with Crippen molar-refractivity contribution in [2.45, 2.75) is 25.3 Å². The molecular formula is C7H10F6N2O2S. The van der Waals surface area contributed by atoms with Crippen molar-refractivity contribution in [2.75, 3.05) is 6.54 Å². The van der Waals surface area contributed by atoms with E-state index in [1.54, 1.807) is 0 Å². The zero-order valence-electron chi connectivity index (χ0n) is 8.89. The minimum absolute atomic E-state index is 0.0299. The van der Waals surface area contributed by atoms with Gasteiger partial charge in [0.2, 0.25) is 0 Å². The number of hydrogen-bond acceptors (Lipinski definition) is 3. The predicted molar refractivity (Wildman–Crippen MR) is 54.0 cm³/mol. The average molecular weight is 300 g/mol. The maximum absolute atomic E-state index is 11.5. The molecule has 0 aromatic carbocycles. The Morgan fingerprint density at radius 3 is 1.83 bits per heavy atom. The van der Waals surface area contributed by atoms with Crippen LogP contribution in [0.25, 0.3) is 0 Å². The first kappa shape index (κ1) is 19.2. The van der Waals surface area contributed by atoms with E-state index >= 15 is 0 Å². The molecule has 0 rings (SSSR count). The van der Waals surface area contributed by atoms with Crippen LogP contribution in [0.1, 0.15) is 6.92 Å². The van der Waals surface area contributed by atoms with Crippen LogP contribution in [0.5, 0.6) is 0 Å². The van der Waals surface area contributed by atoms with Crippen LogP contribution in [0.4, 0.5) is 26.3 Å². The number of nitrogens with two attached hydrogens (primary N) is 1. The largest absolute Gasteiger partial charge is 0.490 e. The number of rotatable bonds is 2. The lowest BCUT2D eigenvalue weighted by atomic mass is 10.3. The van der Waals surface area contributed by atoms with Gasteiger partial charge in [-0.25, -0.2) is 4.79 Å². The number of carboxylic acid groups (broad SMARTS) is 1. The van der Waals surface area contributed by atoms with Gasteiger partial charge >= 0.3 is 18.3 Å². The van der Waals surface area contributed by atoms with Crippen molar-refractivity contribution in [3.05, 3.63) is 0 Å². The van der Waals surface area contributed by atoms with Crippen molar-refractivity contribution in [3.63, 3.8) is 0 Å².